The summed E-state index contributed by atoms with van der Waals surface area (Å²) in [5.41, 5.74) is 0. The maximum atomic E-state index is 3.69. The van der Waals surface area contributed by atoms with Crippen LogP contribution in [0.4, 0.5) is 0 Å². The molecule has 0 nitrogen and oxygen atoms in total. The van der Waals surface area contributed by atoms with Crippen molar-refractivity contribution >= 4 is 11.8 Å². The maximum Gasteiger partial charge on any atom is 0.0218 e. The van der Waals surface area contributed by atoms with Crippen molar-refractivity contribution in [1.82, 2.24) is 0 Å². The first-order chi connectivity index (χ1) is 5.43. The molecule has 0 atom stereocenters. The molecule has 0 amide bonds. The van der Waals surface area contributed by atoms with Crippen LogP contribution in [0.2, 0.25) is 0 Å². The number of hydrogen-bond acceptors (Lipinski definition) is 1. The van der Waals surface area contributed by atoms with Gasteiger partial charge in [0.25, 0.3) is 0 Å². The molecular formula is C10H10S. The van der Waals surface area contributed by atoms with Crippen molar-refractivity contribution in [3.8, 4) is 0 Å². The molecular weight excluding hydrogens is 152 g/mol. The molecule has 0 saturated carbocycles. The van der Waals surface area contributed by atoms with Gasteiger partial charge >= 0.3 is 0 Å². The van der Waals surface area contributed by atoms with Gasteiger partial charge in [0.2, 0.25) is 0 Å². The van der Waals surface area contributed by atoms with Crippen molar-refractivity contribution in [3.63, 3.8) is 0 Å². The van der Waals surface area contributed by atoms with E-state index in [2.05, 4.69) is 24.5 Å². The Bertz CT molecular complexity index is 214. The van der Waals surface area contributed by atoms with Crippen molar-refractivity contribution in [2.45, 2.75) is 11.3 Å². The van der Waals surface area contributed by atoms with E-state index < -0.39 is 0 Å². The van der Waals surface area contributed by atoms with E-state index in [1.165, 1.54) is 4.90 Å². The Labute approximate surface area is 72.3 Å². The van der Waals surface area contributed by atoms with Crippen LogP contribution in [0, 0.1) is 12.3 Å². The van der Waals surface area contributed by atoms with E-state index >= 15 is 0 Å². The number of hydrogen-bond donors (Lipinski definition) is 0. The average Bonchev–Trinajstić information content (AvgIpc) is 2.07. The van der Waals surface area contributed by atoms with Crippen LogP contribution in [0.1, 0.15) is 6.42 Å². The highest BCUT2D eigenvalue weighted by Gasteiger charge is 1.85. The highest BCUT2D eigenvalue weighted by atomic mass is 32.2. The fourth-order valence-electron chi connectivity index (χ4n) is 0.657. The number of allylic oxidation sites excluding steroid dienone is 1. The van der Waals surface area contributed by atoms with Crippen LogP contribution < -0.4 is 0 Å². The van der Waals surface area contributed by atoms with Crippen molar-refractivity contribution < 1.29 is 0 Å². The summed E-state index contributed by atoms with van der Waals surface area (Å²) in [5, 5.41) is 3.08. The molecule has 1 rings (SSSR count). The SMILES string of the molecule is [CH2]CC=[C]Sc1ccccc1. The molecule has 0 N–H and O–H groups in total. The van der Waals surface area contributed by atoms with Crippen molar-refractivity contribution in [1.29, 1.82) is 0 Å². The maximum absolute atomic E-state index is 3.69. The topological polar surface area (TPSA) is 0 Å². The van der Waals surface area contributed by atoms with Crippen LogP contribution in [-0.4, -0.2) is 0 Å². The summed E-state index contributed by atoms with van der Waals surface area (Å²) < 4.78 is 0. The van der Waals surface area contributed by atoms with Gasteiger partial charge < -0.3 is 0 Å². The molecule has 1 aromatic rings. The monoisotopic (exact) mass is 162 g/mol. The van der Waals surface area contributed by atoms with Gasteiger partial charge in [0.05, 0.1) is 0 Å². The Balaban J connectivity index is 2.45. The van der Waals surface area contributed by atoms with Crippen LogP contribution in [0.15, 0.2) is 41.3 Å². The predicted octanol–water partition coefficient (Wildman–Crippen LogP) is 3.32. The van der Waals surface area contributed by atoms with Gasteiger partial charge in [0, 0.05) is 10.3 Å². The van der Waals surface area contributed by atoms with Gasteiger partial charge in [-0.05, 0) is 25.5 Å². The summed E-state index contributed by atoms with van der Waals surface area (Å²) in [5.74, 6) is 0. The smallest absolute Gasteiger partial charge is 0.0218 e. The first-order valence-electron chi connectivity index (χ1n) is 3.52. The van der Waals surface area contributed by atoms with Crippen molar-refractivity contribution in [2.24, 2.45) is 0 Å². The molecule has 11 heavy (non-hydrogen) atoms. The Hall–Kier alpha value is -0.690. The third-order valence-electron chi connectivity index (χ3n) is 1.15. The largest absolute Gasteiger partial charge is 0.0893 e. The Morgan fingerprint density at radius 2 is 2.09 bits per heavy atom. The number of rotatable bonds is 3. The van der Waals surface area contributed by atoms with Crippen LogP contribution in [-0.2, 0) is 0 Å². The minimum atomic E-state index is 0.805. The third kappa shape index (κ3) is 3.28. The summed E-state index contributed by atoms with van der Waals surface area (Å²) in [6.07, 6.45) is 2.73. The molecule has 0 aromatic heterocycles. The van der Waals surface area contributed by atoms with Gasteiger partial charge in [-0.3, -0.25) is 0 Å². The molecule has 1 heteroatoms. The normalized spacial score (nSPS) is 10.6. The summed E-state index contributed by atoms with van der Waals surface area (Å²) in [6, 6.07) is 10.2. The lowest BCUT2D eigenvalue weighted by Gasteiger charge is -1.91. The fraction of sp³-hybridized carbons (Fsp3) is 0.100. The predicted molar refractivity (Wildman–Crippen MR) is 50.1 cm³/mol. The zero-order valence-corrected chi connectivity index (χ0v) is 7.10. The zero-order valence-electron chi connectivity index (χ0n) is 6.29. The van der Waals surface area contributed by atoms with Crippen LogP contribution in [0.5, 0.6) is 0 Å². The fourth-order valence-corrected chi connectivity index (χ4v) is 1.29. The molecule has 0 saturated heterocycles. The van der Waals surface area contributed by atoms with E-state index in [0.29, 0.717) is 0 Å². The van der Waals surface area contributed by atoms with Gasteiger partial charge in [-0.2, -0.15) is 0 Å². The standard InChI is InChI=1S/C10H10S/c1-2-3-9-11-10-7-5-4-6-8-10/h3-8H,1-2H2. The summed E-state index contributed by atoms with van der Waals surface area (Å²) in [4.78, 5) is 1.22. The molecule has 0 aliphatic heterocycles. The van der Waals surface area contributed by atoms with E-state index in [9.17, 15) is 0 Å². The first-order valence-corrected chi connectivity index (χ1v) is 4.33. The van der Waals surface area contributed by atoms with Crippen LogP contribution in [0.3, 0.4) is 0 Å². The number of benzene rings is 1. The van der Waals surface area contributed by atoms with E-state index in [4.69, 9.17) is 0 Å². The lowest BCUT2D eigenvalue weighted by Crippen LogP contribution is -1.64. The molecule has 0 heterocycles. The average molecular weight is 162 g/mol. The van der Waals surface area contributed by atoms with Crippen LogP contribution in [0.25, 0.3) is 0 Å². The summed E-state index contributed by atoms with van der Waals surface area (Å²) >= 11 is 1.60. The highest BCUT2D eigenvalue weighted by molar-refractivity contribution is 8.01. The molecule has 56 valence electrons. The van der Waals surface area contributed by atoms with E-state index in [1.54, 1.807) is 11.8 Å². The first kappa shape index (κ1) is 8.41. The minimum absolute atomic E-state index is 0.805. The quantitative estimate of drug-likeness (QED) is 0.614. The third-order valence-corrected chi connectivity index (χ3v) is 1.94. The molecule has 0 aliphatic carbocycles. The Morgan fingerprint density at radius 1 is 1.36 bits per heavy atom. The Morgan fingerprint density at radius 3 is 2.73 bits per heavy atom. The summed E-state index contributed by atoms with van der Waals surface area (Å²) in [6.45, 7) is 3.69. The van der Waals surface area contributed by atoms with Gasteiger partial charge in [-0.15, -0.1) is 0 Å². The Kier molecular flexibility index (Phi) is 3.84. The van der Waals surface area contributed by atoms with E-state index in [0.717, 1.165) is 6.42 Å². The lowest BCUT2D eigenvalue weighted by atomic mass is 10.4. The van der Waals surface area contributed by atoms with E-state index in [-0.39, 0.29) is 0 Å². The molecule has 0 fully saturated rings. The summed E-state index contributed by atoms with van der Waals surface area (Å²) in [7, 11) is 0. The molecule has 0 bridgehead atoms. The van der Waals surface area contributed by atoms with Crippen molar-refractivity contribution in [3.05, 3.63) is 48.7 Å². The second-order valence-electron chi connectivity index (χ2n) is 2.03. The second kappa shape index (κ2) is 5.03. The van der Waals surface area contributed by atoms with Gasteiger partial charge in [0.1, 0.15) is 0 Å². The number of thioether (sulfide) groups is 1. The molecule has 0 aliphatic rings. The van der Waals surface area contributed by atoms with Crippen molar-refractivity contribution in [2.75, 3.05) is 0 Å². The zero-order chi connectivity index (χ0) is 7.94. The van der Waals surface area contributed by atoms with Gasteiger partial charge in [-0.25, -0.2) is 0 Å². The molecule has 2 radical (unpaired) electrons. The molecule has 0 spiro atoms. The van der Waals surface area contributed by atoms with Crippen LogP contribution >= 0.6 is 11.8 Å². The van der Waals surface area contributed by atoms with E-state index in [1.807, 2.05) is 24.3 Å². The highest BCUT2D eigenvalue weighted by Crippen LogP contribution is 2.16. The van der Waals surface area contributed by atoms with Gasteiger partial charge in [0.15, 0.2) is 0 Å². The van der Waals surface area contributed by atoms with Gasteiger partial charge in [-0.1, -0.05) is 36.0 Å². The molecule has 1 aromatic carbocycles. The second-order valence-corrected chi connectivity index (χ2v) is 2.94. The minimum Gasteiger partial charge on any atom is -0.0893 e. The lowest BCUT2D eigenvalue weighted by molar-refractivity contribution is 1.40. The molecule has 0 unspecified atom stereocenters.